The highest BCUT2D eigenvalue weighted by atomic mass is 16.1. The molecule has 0 bridgehead atoms. The normalized spacial score (nSPS) is 15.2. The van der Waals surface area contributed by atoms with Crippen LogP contribution in [0.2, 0.25) is 0 Å². The molecule has 3 heterocycles. The standard InChI is InChI=1S/C23H29N5O/c1-16(2)28-21-15-24-11-8-20(21)26-22(23(28)29)25-14-18-4-6-19(7-5-18)27-12-9-17(3)10-13-27/h4-8,11,15-17H,9-10,12-14H2,1-3H3,(H,25,26). The third kappa shape index (κ3) is 4.11. The predicted molar refractivity (Wildman–Crippen MR) is 119 cm³/mol. The molecular formula is C23H29N5O. The van der Waals surface area contributed by atoms with Crippen molar-refractivity contribution in [2.45, 2.75) is 46.2 Å². The molecule has 0 radical (unpaired) electrons. The van der Waals surface area contributed by atoms with Crippen LogP contribution in [0.5, 0.6) is 0 Å². The van der Waals surface area contributed by atoms with E-state index in [2.05, 4.69) is 51.4 Å². The zero-order valence-electron chi connectivity index (χ0n) is 17.4. The van der Waals surface area contributed by atoms with Gasteiger partial charge in [0.1, 0.15) is 0 Å². The first kappa shape index (κ1) is 19.4. The van der Waals surface area contributed by atoms with Crippen molar-refractivity contribution < 1.29 is 0 Å². The Labute approximate surface area is 171 Å². The smallest absolute Gasteiger partial charge is 0.294 e. The molecule has 3 aromatic rings. The van der Waals surface area contributed by atoms with Crippen LogP contribution in [0.15, 0.2) is 47.5 Å². The van der Waals surface area contributed by atoms with Crippen LogP contribution in [-0.2, 0) is 6.54 Å². The van der Waals surface area contributed by atoms with Gasteiger partial charge in [-0.05, 0) is 56.4 Å². The SMILES string of the molecule is CC1CCN(c2ccc(CNc3nc4ccncc4n(C(C)C)c3=O)cc2)CC1. The van der Waals surface area contributed by atoms with E-state index >= 15 is 0 Å². The molecule has 1 saturated heterocycles. The second-order valence-corrected chi connectivity index (χ2v) is 8.28. The quantitative estimate of drug-likeness (QED) is 0.705. The Morgan fingerprint density at radius 2 is 1.86 bits per heavy atom. The van der Waals surface area contributed by atoms with E-state index < -0.39 is 0 Å². The van der Waals surface area contributed by atoms with Crippen molar-refractivity contribution in [1.82, 2.24) is 14.5 Å². The number of hydrogen-bond acceptors (Lipinski definition) is 5. The van der Waals surface area contributed by atoms with Crippen LogP contribution in [0.4, 0.5) is 11.5 Å². The number of rotatable bonds is 5. The van der Waals surface area contributed by atoms with E-state index in [4.69, 9.17) is 0 Å². The van der Waals surface area contributed by atoms with Gasteiger partial charge in [0.25, 0.3) is 5.56 Å². The zero-order chi connectivity index (χ0) is 20.4. The van der Waals surface area contributed by atoms with Crippen molar-refractivity contribution in [1.29, 1.82) is 0 Å². The van der Waals surface area contributed by atoms with E-state index in [9.17, 15) is 4.79 Å². The third-order valence-electron chi connectivity index (χ3n) is 5.75. The summed E-state index contributed by atoms with van der Waals surface area (Å²) in [6.45, 7) is 9.15. The van der Waals surface area contributed by atoms with Crippen LogP contribution in [0, 0.1) is 5.92 Å². The summed E-state index contributed by atoms with van der Waals surface area (Å²) < 4.78 is 1.75. The van der Waals surface area contributed by atoms with E-state index in [0.29, 0.717) is 12.4 Å². The fraction of sp³-hybridized carbons (Fsp3) is 0.435. The monoisotopic (exact) mass is 391 g/mol. The minimum absolute atomic E-state index is 0.0318. The first-order chi connectivity index (χ1) is 14.0. The number of piperidine rings is 1. The summed E-state index contributed by atoms with van der Waals surface area (Å²) in [6.07, 6.45) is 5.92. The first-order valence-corrected chi connectivity index (χ1v) is 10.5. The lowest BCUT2D eigenvalue weighted by Gasteiger charge is -2.32. The molecule has 0 unspecified atom stereocenters. The lowest BCUT2D eigenvalue weighted by molar-refractivity contribution is 0.438. The molecule has 0 atom stereocenters. The molecule has 6 heteroatoms. The Kier molecular flexibility index (Phi) is 5.51. The van der Waals surface area contributed by atoms with Gasteiger partial charge in [0.05, 0.1) is 17.2 Å². The summed E-state index contributed by atoms with van der Waals surface area (Å²) in [4.78, 5) is 24.1. The van der Waals surface area contributed by atoms with Gasteiger partial charge in [-0.2, -0.15) is 0 Å². The second-order valence-electron chi connectivity index (χ2n) is 8.28. The maximum atomic E-state index is 12.9. The lowest BCUT2D eigenvalue weighted by atomic mass is 9.99. The Morgan fingerprint density at radius 3 is 2.55 bits per heavy atom. The minimum Gasteiger partial charge on any atom is -0.372 e. The highest BCUT2D eigenvalue weighted by Crippen LogP contribution is 2.23. The fourth-order valence-electron chi connectivity index (χ4n) is 3.96. The molecule has 1 fully saturated rings. The number of benzene rings is 1. The van der Waals surface area contributed by atoms with Crippen LogP contribution in [0.1, 0.15) is 45.2 Å². The lowest BCUT2D eigenvalue weighted by Crippen LogP contribution is -2.32. The number of nitrogens with zero attached hydrogens (tertiary/aromatic N) is 4. The van der Waals surface area contributed by atoms with Crippen molar-refractivity contribution in [2.24, 2.45) is 5.92 Å². The second kappa shape index (κ2) is 8.23. The summed E-state index contributed by atoms with van der Waals surface area (Å²) in [7, 11) is 0. The van der Waals surface area contributed by atoms with Crippen molar-refractivity contribution in [2.75, 3.05) is 23.3 Å². The summed E-state index contributed by atoms with van der Waals surface area (Å²) >= 11 is 0. The van der Waals surface area contributed by atoms with Gasteiger partial charge in [0.15, 0.2) is 5.82 Å². The molecule has 4 rings (SSSR count). The first-order valence-electron chi connectivity index (χ1n) is 10.5. The summed E-state index contributed by atoms with van der Waals surface area (Å²) in [5.74, 6) is 1.21. The molecule has 1 aliphatic rings. The largest absolute Gasteiger partial charge is 0.372 e. The molecule has 0 aliphatic carbocycles. The highest BCUT2D eigenvalue weighted by molar-refractivity contribution is 5.75. The Bertz CT molecular complexity index is 1030. The Balaban J connectivity index is 1.51. The molecule has 0 amide bonds. The molecule has 1 N–H and O–H groups in total. The number of hydrogen-bond donors (Lipinski definition) is 1. The average Bonchev–Trinajstić information content (AvgIpc) is 2.73. The molecule has 6 nitrogen and oxygen atoms in total. The predicted octanol–water partition coefficient (Wildman–Crippen LogP) is 4.22. The van der Waals surface area contributed by atoms with Crippen molar-refractivity contribution >= 4 is 22.5 Å². The van der Waals surface area contributed by atoms with Gasteiger partial charge >= 0.3 is 0 Å². The van der Waals surface area contributed by atoms with E-state index in [-0.39, 0.29) is 11.6 Å². The molecule has 0 spiro atoms. The summed E-state index contributed by atoms with van der Waals surface area (Å²) in [6, 6.07) is 10.5. The molecular weight excluding hydrogens is 362 g/mol. The van der Waals surface area contributed by atoms with E-state index in [1.807, 2.05) is 19.9 Å². The van der Waals surface area contributed by atoms with E-state index in [0.717, 1.165) is 35.6 Å². The maximum absolute atomic E-state index is 12.9. The van der Waals surface area contributed by atoms with Gasteiger partial charge < -0.3 is 10.2 Å². The molecule has 2 aromatic heterocycles. The van der Waals surface area contributed by atoms with Gasteiger partial charge in [0.2, 0.25) is 0 Å². The average molecular weight is 392 g/mol. The van der Waals surface area contributed by atoms with Gasteiger partial charge in [0, 0.05) is 37.6 Å². The number of fused-ring (bicyclic) bond motifs is 1. The topological polar surface area (TPSA) is 63.0 Å². The summed E-state index contributed by atoms with van der Waals surface area (Å²) in [5, 5.41) is 3.24. The molecule has 1 aliphatic heterocycles. The third-order valence-corrected chi connectivity index (χ3v) is 5.75. The highest BCUT2D eigenvalue weighted by Gasteiger charge is 2.16. The van der Waals surface area contributed by atoms with Crippen LogP contribution in [-0.4, -0.2) is 27.6 Å². The zero-order valence-corrected chi connectivity index (χ0v) is 17.4. The van der Waals surface area contributed by atoms with E-state index in [1.54, 1.807) is 17.0 Å². The van der Waals surface area contributed by atoms with Crippen LogP contribution < -0.4 is 15.8 Å². The number of aromatic nitrogens is 3. The number of nitrogens with one attached hydrogen (secondary N) is 1. The van der Waals surface area contributed by atoms with Gasteiger partial charge in [-0.25, -0.2) is 4.98 Å². The fourth-order valence-corrected chi connectivity index (χ4v) is 3.96. The van der Waals surface area contributed by atoms with Crippen molar-refractivity contribution in [3.8, 4) is 0 Å². The van der Waals surface area contributed by atoms with Gasteiger partial charge in [-0.1, -0.05) is 19.1 Å². The number of anilines is 2. The van der Waals surface area contributed by atoms with Crippen molar-refractivity contribution in [3.05, 3.63) is 58.6 Å². The van der Waals surface area contributed by atoms with Crippen LogP contribution in [0.25, 0.3) is 11.0 Å². The van der Waals surface area contributed by atoms with E-state index in [1.165, 1.54) is 18.5 Å². The molecule has 152 valence electrons. The minimum atomic E-state index is -0.112. The number of pyridine rings is 1. The van der Waals surface area contributed by atoms with Crippen LogP contribution >= 0.6 is 0 Å². The van der Waals surface area contributed by atoms with Crippen LogP contribution in [0.3, 0.4) is 0 Å². The molecule has 0 saturated carbocycles. The van der Waals surface area contributed by atoms with Gasteiger partial charge in [-0.3, -0.25) is 14.3 Å². The Hall–Kier alpha value is -2.89. The Morgan fingerprint density at radius 1 is 1.14 bits per heavy atom. The van der Waals surface area contributed by atoms with Gasteiger partial charge in [-0.15, -0.1) is 0 Å². The molecule has 1 aromatic carbocycles. The molecule has 29 heavy (non-hydrogen) atoms. The van der Waals surface area contributed by atoms with Crippen molar-refractivity contribution in [3.63, 3.8) is 0 Å². The summed E-state index contributed by atoms with van der Waals surface area (Å²) in [5.41, 5.74) is 3.83. The maximum Gasteiger partial charge on any atom is 0.294 e.